The van der Waals surface area contributed by atoms with Crippen molar-refractivity contribution in [3.63, 3.8) is 0 Å². The third kappa shape index (κ3) is 7.41. The van der Waals surface area contributed by atoms with Crippen LogP contribution in [0.4, 0.5) is 13.2 Å². The van der Waals surface area contributed by atoms with Crippen LogP contribution < -0.4 is 10.1 Å². The molecule has 2 rings (SSSR count). The number of halogens is 3. The molecule has 0 aliphatic carbocycles. The first-order chi connectivity index (χ1) is 15.7. The lowest BCUT2D eigenvalue weighted by molar-refractivity contribution is -0.0588. The van der Waals surface area contributed by atoms with Crippen molar-refractivity contribution in [1.29, 1.82) is 0 Å². The Morgan fingerprint density at radius 1 is 1.24 bits per heavy atom. The van der Waals surface area contributed by atoms with E-state index in [0.29, 0.717) is 43.0 Å². The van der Waals surface area contributed by atoms with E-state index in [2.05, 4.69) is 20.3 Å². The quantitative estimate of drug-likeness (QED) is 0.234. The summed E-state index contributed by atoms with van der Waals surface area (Å²) in [6.07, 6.45) is -0.712. The number of carbonyl (C=O) groups excluding carboxylic acids is 1. The van der Waals surface area contributed by atoms with E-state index in [1.54, 1.807) is 6.92 Å². The molecule has 0 aliphatic heterocycles. The Hall–Kier alpha value is -3.21. The number of aromatic nitrogens is 2. The number of hydrogen-bond acceptors (Lipinski definition) is 7. The lowest BCUT2D eigenvalue weighted by Crippen LogP contribution is -2.25. The van der Waals surface area contributed by atoms with E-state index >= 15 is 0 Å². The molecule has 1 aromatic carbocycles. The van der Waals surface area contributed by atoms with Crippen molar-refractivity contribution in [3.05, 3.63) is 47.0 Å². The number of hydrogen-bond donors (Lipinski definition) is 1. The second kappa shape index (κ2) is 12.1. The van der Waals surface area contributed by atoms with Gasteiger partial charge in [0.15, 0.2) is 12.4 Å². The Morgan fingerprint density at radius 2 is 1.94 bits per heavy atom. The van der Waals surface area contributed by atoms with Crippen LogP contribution >= 0.6 is 0 Å². The fourth-order valence-corrected chi connectivity index (χ4v) is 2.95. The van der Waals surface area contributed by atoms with Crippen molar-refractivity contribution in [3.8, 4) is 11.5 Å². The van der Waals surface area contributed by atoms with Gasteiger partial charge in [0.25, 0.3) is 5.75 Å². The van der Waals surface area contributed by atoms with Gasteiger partial charge in [-0.05, 0) is 45.5 Å². The van der Waals surface area contributed by atoms with Crippen molar-refractivity contribution >= 4 is 11.7 Å². The molecule has 0 radical (unpaired) electrons. The number of ether oxygens (including phenoxy) is 2. The Kier molecular flexibility index (Phi) is 9.58. The molecular weight excluding hydrogens is 441 g/mol. The lowest BCUT2D eigenvalue weighted by Gasteiger charge is -2.16. The van der Waals surface area contributed by atoms with Gasteiger partial charge in [-0.25, -0.2) is 19.8 Å². The molecule has 0 saturated carbocycles. The molecule has 0 fully saturated rings. The van der Waals surface area contributed by atoms with E-state index in [1.165, 1.54) is 18.5 Å². The van der Waals surface area contributed by atoms with Crippen molar-refractivity contribution in [2.24, 2.45) is 4.99 Å². The minimum absolute atomic E-state index is 0.00412. The minimum Gasteiger partial charge on any atom is -0.593 e. The lowest BCUT2D eigenvalue weighted by atomic mass is 10.00. The molecule has 1 heterocycles. The molecule has 33 heavy (non-hydrogen) atoms. The van der Waals surface area contributed by atoms with E-state index < -0.39 is 30.2 Å². The molecule has 3 N–H and O–H groups in total. The number of rotatable bonds is 11. The number of esters is 1. The van der Waals surface area contributed by atoms with Crippen molar-refractivity contribution in [2.45, 2.75) is 39.3 Å². The molecule has 0 bridgehead atoms. The minimum atomic E-state index is -4.85. The van der Waals surface area contributed by atoms with Crippen LogP contribution in [0.5, 0.6) is 11.5 Å². The zero-order valence-electron chi connectivity index (χ0n) is 18.8. The largest absolute Gasteiger partial charge is 0.593 e. The van der Waals surface area contributed by atoms with E-state index in [0.717, 1.165) is 12.6 Å². The van der Waals surface area contributed by atoms with Gasteiger partial charge in [-0.15, -0.1) is 0 Å². The molecule has 1 aromatic heterocycles. The van der Waals surface area contributed by atoms with Crippen LogP contribution in [-0.4, -0.2) is 59.9 Å². The van der Waals surface area contributed by atoms with E-state index in [4.69, 9.17) is 14.6 Å². The Labute approximate surface area is 189 Å². The maximum Gasteiger partial charge on any atom is 0.434 e. The first kappa shape index (κ1) is 26.0. The maximum atomic E-state index is 13.8. The highest BCUT2D eigenvalue weighted by Gasteiger charge is 2.40. The maximum absolute atomic E-state index is 13.8. The molecule has 0 atom stereocenters. The molecule has 8 nitrogen and oxygen atoms in total. The highest BCUT2D eigenvalue weighted by Crippen LogP contribution is 2.36. The van der Waals surface area contributed by atoms with E-state index in [9.17, 15) is 18.0 Å². The third-order valence-corrected chi connectivity index (χ3v) is 4.56. The SMILES string of the molecule is CCCc1c(OCCCNC)ccc(/C(=N/COC(=O)c2cnc(C)nc2)C(F)(F)F)c1[OH2+]. The van der Waals surface area contributed by atoms with Crippen LogP contribution in [0.15, 0.2) is 29.5 Å². The summed E-state index contributed by atoms with van der Waals surface area (Å²) >= 11 is 0. The number of aliphatic imine (C=N–C) groups is 1. The number of carbonyl (C=O) groups is 1. The van der Waals surface area contributed by atoms with E-state index in [1.807, 2.05) is 14.0 Å². The van der Waals surface area contributed by atoms with Gasteiger partial charge in [0, 0.05) is 12.4 Å². The number of benzene rings is 1. The zero-order valence-corrected chi connectivity index (χ0v) is 18.8. The molecule has 0 unspecified atom stereocenters. The van der Waals surface area contributed by atoms with Gasteiger partial charge in [-0.2, -0.15) is 13.2 Å². The van der Waals surface area contributed by atoms with Crippen LogP contribution in [0.2, 0.25) is 0 Å². The number of nitrogens with zero attached hydrogens (tertiary/aromatic N) is 3. The molecule has 0 saturated heterocycles. The van der Waals surface area contributed by atoms with Gasteiger partial charge in [0.05, 0.1) is 17.7 Å². The van der Waals surface area contributed by atoms with Gasteiger partial charge in [0.2, 0.25) is 0 Å². The van der Waals surface area contributed by atoms with Gasteiger partial charge in [-0.1, -0.05) is 13.3 Å². The molecule has 0 aliphatic rings. The second-order valence-corrected chi connectivity index (χ2v) is 7.10. The average Bonchev–Trinajstić information content (AvgIpc) is 2.76. The molecule has 0 amide bonds. The summed E-state index contributed by atoms with van der Waals surface area (Å²) in [5, 5.41) is 11.4. The normalized spacial score (nSPS) is 12.0. The molecular formula is C22H28F3N4O4+. The molecule has 11 heteroatoms. The fourth-order valence-electron chi connectivity index (χ4n) is 2.95. The van der Waals surface area contributed by atoms with Gasteiger partial charge < -0.3 is 19.9 Å². The molecule has 2 aromatic rings. The standard InChI is InChI=1S/C22H27F3N4O4/c1-4-6-16-18(32-10-5-9-26-3)8-7-17(19(16)30)20(22(23,24)25)29-13-33-21(31)15-11-27-14(2)28-12-15/h7-8,11-12,26,30H,4-6,9-10,13H2,1-3H3/p+1/b29-20-. The topological polar surface area (TPSA) is 109 Å². The summed E-state index contributed by atoms with van der Waals surface area (Å²) in [7, 11) is 1.81. The van der Waals surface area contributed by atoms with Crippen LogP contribution in [0.25, 0.3) is 0 Å². The molecule has 0 spiro atoms. The van der Waals surface area contributed by atoms with Gasteiger partial charge in [0.1, 0.15) is 17.1 Å². The number of aryl methyl sites for hydroxylation is 1. The first-order valence-corrected chi connectivity index (χ1v) is 10.4. The average molecular weight is 469 g/mol. The van der Waals surface area contributed by atoms with Crippen LogP contribution in [0.1, 0.15) is 47.1 Å². The number of nitrogens with one attached hydrogen (secondary N) is 1. The van der Waals surface area contributed by atoms with Crippen molar-refractivity contribution in [1.82, 2.24) is 15.3 Å². The smallest absolute Gasteiger partial charge is 0.434 e. The highest BCUT2D eigenvalue weighted by atomic mass is 19.4. The van der Waals surface area contributed by atoms with Crippen LogP contribution in [0.3, 0.4) is 0 Å². The summed E-state index contributed by atoms with van der Waals surface area (Å²) in [4.78, 5) is 23.2. The van der Waals surface area contributed by atoms with Gasteiger partial charge >= 0.3 is 12.1 Å². The third-order valence-electron chi connectivity index (χ3n) is 4.56. The van der Waals surface area contributed by atoms with E-state index in [-0.39, 0.29) is 11.3 Å². The summed E-state index contributed by atoms with van der Waals surface area (Å²) in [5.74, 6) is -0.390. The Bertz CT molecular complexity index is 963. The Balaban J connectivity index is 2.27. The number of alkyl halides is 3. The zero-order chi connectivity index (χ0) is 24.4. The highest BCUT2D eigenvalue weighted by molar-refractivity contribution is 6.07. The fraction of sp³-hybridized carbons (Fsp3) is 0.455. The summed E-state index contributed by atoms with van der Waals surface area (Å²) in [6.45, 7) is 3.72. The van der Waals surface area contributed by atoms with Crippen molar-refractivity contribution < 1.29 is 32.5 Å². The van der Waals surface area contributed by atoms with Crippen molar-refractivity contribution in [2.75, 3.05) is 26.9 Å². The summed E-state index contributed by atoms with van der Waals surface area (Å²) in [5.41, 5.74) is -1.32. The summed E-state index contributed by atoms with van der Waals surface area (Å²) < 4.78 is 51.8. The van der Waals surface area contributed by atoms with Crippen LogP contribution in [-0.2, 0) is 11.2 Å². The predicted octanol–water partition coefficient (Wildman–Crippen LogP) is 3.33. The first-order valence-electron chi connectivity index (χ1n) is 10.4. The Morgan fingerprint density at radius 3 is 2.55 bits per heavy atom. The molecule has 180 valence electrons. The monoisotopic (exact) mass is 469 g/mol. The van der Waals surface area contributed by atoms with Crippen LogP contribution in [0, 0.1) is 6.92 Å². The summed E-state index contributed by atoms with van der Waals surface area (Å²) in [6, 6.07) is 2.59. The van der Waals surface area contributed by atoms with Gasteiger partial charge in [-0.3, -0.25) is 0 Å². The second-order valence-electron chi connectivity index (χ2n) is 7.10. The predicted molar refractivity (Wildman–Crippen MR) is 117 cm³/mol.